The number of hydrogen-bond acceptors (Lipinski definition) is 2. The van der Waals surface area contributed by atoms with Gasteiger partial charge in [-0.05, 0) is 43.4 Å². The largest absolute Gasteiger partial charge is 0.352 e. The lowest BCUT2D eigenvalue weighted by Gasteiger charge is -2.26. The Labute approximate surface area is 138 Å². The van der Waals surface area contributed by atoms with Gasteiger partial charge in [0.2, 0.25) is 5.91 Å². The topological polar surface area (TPSA) is 41.1 Å². The van der Waals surface area contributed by atoms with Crippen LogP contribution < -0.4 is 10.6 Å². The quantitative estimate of drug-likeness (QED) is 0.912. The van der Waals surface area contributed by atoms with Gasteiger partial charge in [-0.2, -0.15) is 0 Å². The number of benzene rings is 2. The predicted octanol–water partition coefficient (Wildman–Crippen LogP) is 2.76. The normalized spacial score (nSPS) is 18.1. The van der Waals surface area contributed by atoms with E-state index in [1.54, 1.807) is 0 Å². The number of amides is 1. The van der Waals surface area contributed by atoms with E-state index in [4.69, 9.17) is 0 Å². The Morgan fingerprint density at radius 3 is 2.61 bits per heavy atom. The minimum absolute atomic E-state index is 0.0964. The molecule has 3 rings (SSSR count). The van der Waals surface area contributed by atoms with Gasteiger partial charge in [0, 0.05) is 12.6 Å². The van der Waals surface area contributed by atoms with Crippen LogP contribution in [0, 0.1) is 6.92 Å². The van der Waals surface area contributed by atoms with E-state index in [-0.39, 0.29) is 18.0 Å². The van der Waals surface area contributed by atoms with Crippen LogP contribution in [0.1, 0.15) is 29.2 Å². The zero-order valence-corrected chi connectivity index (χ0v) is 13.8. The van der Waals surface area contributed by atoms with E-state index in [9.17, 15) is 4.79 Å². The van der Waals surface area contributed by atoms with Gasteiger partial charge < -0.3 is 10.6 Å². The van der Waals surface area contributed by atoms with Crippen LogP contribution in [-0.2, 0) is 24.2 Å². The summed E-state index contributed by atoms with van der Waals surface area (Å²) in [4.78, 5) is 12.5. The Morgan fingerprint density at radius 1 is 1.17 bits per heavy atom. The molecule has 3 heteroatoms. The summed E-state index contributed by atoms with van der Waals surface area (Å²) in [6.07, 6.45) is 1.62. The average Bonchev–Trinajstić information content (AvgIpc) is 2.56. The molecule has 0 spiro atoms. The van der Waals surface area contributed by atoms with E-state index in [0.717, 1.165) is 19.4 Å². The number of carbonyl (C=O) groups excluding carboxylic acids is 1. The molecule has 120 valence electrons. The maximum absolute atomic E-state index is 12.5. The molecule has 0 radical (unpaired) electrons. The number of aryl methyl sites for hydroxylation is 1. The molecule has 3 nitrogen and oxygen atoms in total. The molecule has 2 N–H and O–H groups in total. The highest BCUT2D eigenvalue weighted by Gasteiger charge is 2.24. The van der Waals surface area contributed by atoms with E-state index >= 15 is 0 Å². The lowest BCUT2D eigenvalue weighted by molar-refractivity contribution is -0.123. The molecule has 0 aliphatic carbocycles. The lowest BCUT2D eigenvalue weighted by atomic mass is 9.95. The maximum atomic E-state index is 12.5. The Morgan fingerprint density at radius 2 is 1.87 bits per heavy atom. The van der Waals surface area contributed by atoms with E-state index in [1.807, 2.05) is 12.1 Å². The third-order valence-electron chi connectivity index (χ3n) is 4.45. The van der Waals surface area contributed by atoms with Gasteiger partial charge in [0.25, 0.3) is 0 Å². The van der Waals surface area contributed by atoms with Crippen molar-refractivity contribution in [2.75, 3.05) is 0 Å². The molecule has 1 aliphatic heterocycles. The SMILES string of the molecule is Cc1ccc(CC(C)NC(=O)C2Cc3ccccc3CN2)cc1. The molecule has 0 saturated carbocycles. The van der Waals surface area contributed by atoms with Crippen LogP contribution in [0.15, 0.2) is 48.5 Å². The number of fused-ring (bicyclic) bond motifs is 1. The summed E-state index contributed by atoms with van der Waals surface area (Å²) < 4.78 is 0. The van der Waals surface area contributed by atoms with Crippen molar-refractivity contribution in [3.8, 4) is 0 Å². The van der Waals surface area contributed by atoms with Crippen molar-refractivity contribution in [1.82, 2.24) is 10.6 Å². The molecular weight excluding hydrogens is 284 g/mol. The minimum atomic E-state index is -0.134. The molecule has 0 saturated heterocycles. The highest BCUT2D eigenvalue weighted by molar-refractivity contribution is 5.82. The first-order chi connectivity index (χ1) is 11.1. The molecule has 2 atom stereocenters. The summed E-state index contributed by atoms with van der Waals surface area (Å²) in [7, 11) is 0. The van der Waals surface area contributed by atoms with Crippen molar-refractivity contribution < 1.29 is 4.79 Å². The Kier molecular flexibility index (Phi) is 4.77. The molecular formula is C20H24N2O. The summed E-state index contributed by atoms with van der Waals surface area (Å²) in [5, 5.41) is 6.48. The maximum Gasteiger partial charge on any atom is 0.237 e. The van der Waals surface area contributed by atoms with Crippen molar-refractivity contribution >= 4 is 5.91 Å². The molecule has 1 heterocycles. The van der Waals surface area contributed by atoms with Crippen molar-refractivity contribution in [2.24, 2.45) is 0 Å². The molecule has 2 aromatic rings. The van der Waals surface area contributed by atoms with E-state index < -0.39 is 0 Å². The fourth-order valence-corrected chi connectivity index (χ4v) is 3.11. The fraction of sp³-hybridized carbons (Fsp3) is 0.350. The molecule has 0 fully saturated rings. The van der Waals surface area contributed by atoms with Crippen LogP contribution in [0.2, 0.25) is 0 Å². The Bertz CT molecular complexity index is 678. The molecule has 2 aromatic carbocycles. The zero-order chi connectivity index (χ0) is 16.2. The van der Waals surface area contributed by atoms with Crippen LogP contribution >= 0.6 is 0 Å². The highest BCUT2D eigenvalue weighted by Crippen LogP contribution is 2.16. The van der Waals surface area contributed by atoms with Crippen LogP contribution in [0.4, 0.5) is 0 Å². The lowest BCUT2D eigenvalue weighted by Crippen LogP contribution is -2.50. The average molecular weight is 308 g/mol. The Balaban J connectivity index is 1.56. The number of hydrogen-bond donors (Lipinski definition) is 2. The van der Waals surface area contributed by atoms with Crippen molar-refractivity contribution in [3.05, 3.63) is 70.8 Å². The summed E-state index contributed by atoms with van der Waals surface area (Å²) >= 11 is 0. The highest BCUT2D eigenvalue weighted by atomic mass is 16.2. The smallest absolute Gasteiger partial charge is 0.237 e. The van der Waals surface area contributed by atoms with Gasteiger partial charge in [-0.1, -0.05) is 54.1 Å². The molecule has 1 amide bonds. The van der Waals surface area contributed by atoms with Crippen molar-refractivity contribution in [2.45, 2.75) is 45.3 Å². The standard InChI is InChI=1S/C20H24N2O/c1-14-7-9-16(10-8-14)11-15(2)22-20(23)19-12-17-5-3-4-6-18(17)13-21-19/h3-10,15,19,21H,11-13H2,1-2H3,(H,22,23). The monoisotopic (exact) mass is 308 g/mol. The molecule has 2 unspecified atom stereocenters. The van der Waals surface area contributed by atoms with Gasteiger partial charge in [0.15, 0.2) is 0 Å². The number of nitrogens with one attached hydrogen (secondary N) is 2. The van der Waals surface area contributed by atoms with Crippen LogP contribution in [-0.4, -0.2) is 18.0 Å². The summed E-state index contributed by atoms with van der Waals surface area (Å²) in [5.74, 6) is 0.0964. The number of rotatable bonds is 4. The van der Waals surface area contributed by atoms with Gasteiger partial charge in [-0.25, -0.2) is 0 Å². The molecule has 23 heavy (non-hydrogen) atoms. The van der Waals surface area contributed by atoms with Crippen LogP contribution in [0.5, 0.6) is 0 Å². The van der Waals surface area contributed by atoms with Crippen molar-refractivity contribution in [1.29, 1.82) is 0 Å². The van der Waals surface area contributed by atoms with Gasteiger partial charge >= 0.3 is 0 Å². The zero-order valence-electron chi connectivity index (χ0n) is 13.8. The third-order valence-corrected chi connectivity index (χ3v) is 4.45. The number of carbonyl (C=O) groups is 1. The van der Waals surface area contributed by atoms with Crippen molar-refractivity contribution in [3.63, 3.8) is 0 Å². The second-order valence-corrected chi connectivity index (χ2v) is 6.51. The van der Waals surface area contributed by atoms with Gasteiger partial charge in [-0.3, -0.25) is 4.79 Å². The summed E-state index contributed by atoms with van der Waals surface area (Å²) in [5.41, 5.74) is 5.09. The second kappa shape index (κ2) is 6.97. The van der Waals surface area contributed by atoms with Gasteiger partial charge in [-0.15, -0.1) is 0 Å². The molecule has 0 bridgehead atoms. The van der Waals surface area contributed by atoms with E-state index in [0.29, 0.717) is 0 Å². The first kappa shape index (κ1) is 15.8. The van der Waals surface area contributed by atoms with E-state index in [2.05, 4.69) is 60.9 Å². The molecule has 1 aliphatic rings. The second-order valence-electron chi connectivity index (χ2n) is 6.51. The fourth-order valence-electron chi connectivity index (χ4n) is 3.11. The van der Waals surface area contributed by atoms with Gasteiger partial charge in [0.05, 0.1) is 6.04 Å². The first-order valence-electron chi connectivity index (χ1n) is 8.28. The van der Waals surface area contributed by atoms with Gasteiger partial charge in [0.1, 0.15) is 0 Å². The van der Waals surface area contributed by atoms with E-state index in [1.165, 1.54) is 22.3 Å². The predicted molar refractivity (Wildman–Crippen MR) is 93.3 cm³/mol. The first-order valence-corrected chi connectivity index (χ1v) is 8.28. The van der Waals surface area contributed by atoms with Crippen LogP contribution in [0.3, 0.4) is 0 Å². The molecule has 0 aromatic heterocycles. The summed E-state index contributed by atoms with van der Waals surface area (Å²) in [6, 6.07) is 16.8. The third kappa shape index (κ3) is 3.99. The Hall–Kier alpha value is -2.13. The summed E-state index contributed by atoms with van der Waals surface area (Å²) in [6.45, 7) is 4.91. The minimum Gasteiger partial charge on any atom is -0.352 e. The van der Waals surface area contributed by atoms with Crippen LogP contribution in [0.25, 0.3) is 0 Å².